The lowest BCUT2D eigenvalue weighted by Gasteiger charge is -2.50. The van der Waals surface area contributed by atoms with Gasteiger partial charge in [-0.3, -0.25) is 9.88 Å². The fourth-order valence-corrected chi connectivity index (χ4v) is 3.95. The number of anilines is 1. The Balaban J connectivity index is 1.57. The zero-order valence-corrected chi connectivity index (χ0v) is 13.8. The third kappa shape index (κ3) is 3.23. The average Bonchev–Trinajstić information content (AvgIpc) is 2.48. The summed E-state index contributed by atoms with van der Waals surface area (Å²) >= 11 is 0. The van der Waals surface area contributed by atoms with E-state index in [-0.39, 0.29) is 0 Å². The summed E-state index contributed by atoms with van der Waals surface area (Å²) in [6.45, 7) is 12.0. The van der Waals surface area contributed by atoms with Gasteiger partial charge in [-0.05, 0) is 77.1 Å². The van der Waals surface area contributed by atoms with Crippen molar-refractivity contribution in [1.29, 1.82) is 0 Å². The highest BCUT2D eigenvalue weighted by atomic mass is 15.2. The highest BCUT2D eigenvalue weighted by Gasteiger charge is 2.39. The van der Waals surface area contributed by atoms with Gasteiger partial charge in [0.15, 0.2) is 0 Å². The van der Waals surface area contributed by atoms with Crippen molar-refractivity contribution in [2.45, 2.75) is 52.0 Å². The molecule has 116 valence electrons. The minimum Gasteiger partial charge on any atom is -0.371 e. The highest BCUT2D eigenvalue weighted by molar-refractivity contribution is 5.45. The van der Waals surface area contributed by atoms with Crippen LogP contribution >= 0.6 is 0 Å². The number of piperidine rings is 2. The highest BCUT2D eigenvalue weighted by Crippen LogP contribution is 2.43. The van der Waals surface area contributed by atoms with Crippen molar-refractivity contribution in [2.24, 2.45) is 5.41 Å². The van der Waals surface area contributed by atoms with Gasteiger partial charge in [-0.25, -0.2) is 0 Å². The SMILES string of the molecule is CC(C)(C)N1CCC2(CCN(c3ccncc3)CC2)CC1. The van der Waals surface area contributed by atoms with E-state index in [2.05, 4.69) is 47.7 Å². The lowest BCUT2D eigenvalue weighted by molar-refractivity contribution is 0.0294. The van der Waals surface area contributed by atoms with E-state index < -0.39 is 0 Å². The van der Waals surface area contributed by atoms with E-state index in [0.717, 1.165) is 0 Å². The van der Waals surface area contributed by atoms with Gasteiger partial charge in [-0.2, -0.15) is 0 Å². The molecule has 0 amide bonds. The third-order valence-corrected chi connectivity index (χ3v) is 5.62. The molecule has 0 atom stereocenters. The maximum atomic E-state index is 4.12. The van der Waals surface area contributed by atoms with Crippen LogP contribution in [0.3, 0.4) is 0 Å². The minimum atomic E-state index is 0.333. The molecular weight excluding hydrogens is 258 g/mol. The molecule has 2 aliphatic rings. The molecule has 0 unspecified atom stereocenters. The van der Waals surface area contributed by atoms with E-state index in [4.69, 9.17) is 0 Å². The Hall–Kier alpha value is -1.09. The molecule has 0 N–H and O–H groups in total. The van der Waals surface area contributed by atoms with Crippen LogP contribution in [0.5, 0.6) is 0 Å². The Labute approximate surface area is 129 Å². The van der Waals surface area contributed by atoms with Gasteiger partial charge >= 0.3 is 0 Å². The Kier molecular flexibility index (Phi) is 3.96. The second-order valence-electron chi connectivity index (χ2n) is 7.85. The molecule has 1 aromatic rings. The van der Waals surface area contributed by atoms with Crippen LogP contribution < -0.4 is 4.90 Å². The molecule has 3 rings (SSSR count). The molecule has 3 nitrogen and oxygen atoms in total. The van der Waals surface area contributed by atoms with E-state index in [1.807, 2.05) is 12.4 Å². The van der Waals surface area contributed by atoms with Crippen LogP contribution in [-0.4, -0.2) is 41.6 Å². The number of pyridine rings is 1. The first-order chi connectivity index (χ1) is 9.99. The zero-order chi connectivity index (χ0) is 14.9. The van der Waals surface area contributed by atoms with Gasteiger partial charge in [0.05, 0.1) is 0 Å². The van der Waals surface area contributed by atoms with Crippen LogP contribution in [0.2, 0.25) is 0 Å². The molecule has 0 aromatic carbocycles. The van der Waals surface area contributed by atoms with Crippen LogP contribution in [0, 0.1) is 5.41 Å². The van der Waals surface area contributed by atoms with Crippen LogP contribution in [0.15, 0.2) is 24.5 Å². The molecule has 0 radical (unpaired) electrons. The van der Waals surface area contributed by atoms with Crippen LogP contribution in [0.25, 0.3) is 0 Å². The number of likely N-dealkylation sites (tertiary alicyclic amines) is 1. The number of hydrogen-bond donors (Lipinski definition) is 0. The maximum absolute atomic E-state index is 4.12. The Morgan fingerprint density at radius 2 is 1.43 bits per heavy atom. The van der Waals surface area contributed by atoms with E-state index in [9.17, 15) is 0 Å². The largest absolute Gasteiger partial charge is 0.371 e. The molecule has 21 heavy (non-hydrogen) atoms. The Morgan fingerprint density at radius 3 is 1.95 bits per heavy atom. The van der Waals surface area contributed by atoms with Crippen molar-refractivity contribution in [3.8, 4) is 0 Å². The second-order valence-corrected chi connectivity index (χ2v) is 7.85. The van der Waals surface area contributed by atoms with Gasteiger partial charge in [-0.15, -0.1) is 0 Å². The molecule has 3 heterocycles. The summed E-state index contributed by atoms with van der Waals surface area (Å²) in [5.41, 5.74) is 2.29. The maximum Gasteiger partial charge on any atom is 0.0397 e. The number of aromatic nitrogens is 1. The topological polar surface area (TPSA) is 19.4 Å². The van der Waals surface area contributed by atoms with Gasteiger partial charge < -0.3 is 4.90 Å². The molecule has 3 heteroatoms. The van der Waals surface area contributed by atoms with Crippen molar-refractivity contribution in [1.82, 2.24) is 9.88 Å². The normalized spacial score (nSPS) is 23.5. The summed E-state index contributed by atoms with van der Waals surface area (Å²) in [5, 5.41) is 0. The molecule has 0 bridgehead atoms. The van der Waals surface area contributed by atoms with Gasteiger partial charge in [-0.1, -0.05) is 0 Å². The van der Waals surface area contributed by atoms with E-state index >= 15 is 0 Å². The minimum absolute atomic E-state index is 0.333. The molecule has 2 fully saturated rings. The Bertz CT molecular complexity index is 445. The molecule has 2 saturated heterocycles. The Morgan fingerprint density at radius 1 is 0.905 bits per heavy atom. The van der Waals surface area contributed by atoms with Crippen LogP contribution in [0.4, 0.5) is 5.69 Å². The van der Waals surface area contributed by atoms with Crippen molar-refractivity contribution in [3.63, 3.8) is 0 Å². The summed E-state index contributed by atoms with van der Waals surface area (Å²) in [6, 6.07) is 4.28. The van der Waals surface area contributed by atoms with E-state index in [1.165, 1.54) is 57.5 Å². The monoisotopic (exact) mass is 287 g/mol. The van der Waals surface area contributed by atoms with Gasteiger partial charge in [0, 0.05) is 36.7 Å². The number of nitrogens with zero attached hydrogens (tertiary/aromatic N) is 3. The summed E-state index contributed by atoms with van der Waals surface area (Å²) in [5.74, 6) is 0. The average molecular weight is 287 g/mol. The lowest BCUT2D eigenvalue weighted by atomic mass is 9.70. The first-order valence-corrected chi connectivity index (χ1v) is 8.39. The van der Waals surface area contributed by atoms with Crippen molar-refractivity contribution >= 4 is 5.69 Å². The number of rotatable bonds is 1. The van der Waals surface area contributed by atoms with E-state index in [0.29, 0.717) is 11.0 Å². The van der Waals surface area contributed by atoms with Crippen molar-refractivity contribution in [3.05, 3.63) is 24.5 Å². The quantitative estimate of drug-likeness (QED) is 0.787. The van der Waals surface area contributed by atoms with E-state index in [1.54, 1.807) is 0 Å². The fourth-order valence-electron chi connectivity index (χ4n) is 3.95. The lowest BCUT2D eigenvalue weighted by Crippen LogP contribution is -2.51. The van der Waals surface area contributed by atoms with Gasteiger partial charge in [0.25, 0.3) is 0 Å². The third-order valence-electron chi connectivity index (χ3n) is 5.62. The summed E-state index contributed by atoms with van der Waals surface area (Å²) in [4.78, 5) is 9.31. The molecule has 2 aliphatic heterocycles. The van der Waals surface area contributed by atoms with Crippen LogP contribution in [-0.2, 0) is 0 Å². The zero-order valence-electron chi connectivity index (χ0n) is 13.8. The molecule has 1 aromatic heterocycles. The predicted octanol–water partition coefficient (Wildman–Crippen LogP) is 3.56. The molecular formula is C18H29N3. The van der Waals surface area contributed by atoms with Crippen molar-refractivity contribution in [2.75, 3.05) is 31.1 Å². The summed E-state index contributed by atoms with van der Waals surface area (Å²) in [7, 11) is 0. The summed E-state index contributed by atoms with van der Waals surface area (Å²) in [6.07, 6.45) is 9.28. The second kappa shape index (κ2) is 5.60. The number of hydrogen-bond acceptors (Lipinski definition) is 3. The predicted molar refractivity (Wildman–Crippen MR) is 88.7 cm³/mol. The summed E-state index contributed by atoms with van der Waals surface area (Å²) < 4.78 is 0. The van der Waals surface area contributed by atoms with Gasteiger partial charge in [0.1, 0.15) is 0 Å². The smallest absolute Gasteiger partial charge is 0.0397 e. The molecule has 1 spiro atoms. The first-order valence-electron chi connectivity index (χ1n) is 8.39. The fraction of sp³-hybridized carbons (Fsp3) is 0.722. The standard InChI is InChI=1S/C18H29N3/c1-17(2,3)21-14-8-18(9-15-21)6-12-20(13-7-18)16-4-10-19-11-5-16/h4-5,10-11H,6-9,12-15H2,1-3H3. The van der Waals surface area contributed by atoms with Gasteiger partial charge in [0.2, 0.25) is 0 Å². The molecule has 0 saturated carbocycles. The molecule has 0 aliphatic carbocycles. The first kappa shape index (κ1) is 14.8. The van der Waals surface area contributed by atoms with Crippen LogP contribution in [0.1, 0.15) is 46.5 Å². The van der Waals surface area contributed by atoms with Crippen molar-refractivity contribution < 1.29 is 0 Å².